The average molecular weight is 290 g/mol. The molecule has 3 nitrogen and oxygen atoms in total. The Morgan fingerprint density at radius 1 is 1.30 bits per heavy atom. The Hall–Kier alpha value is -1.00. The summed E-state index contributed by atoms with van der Waals surface area (Å²) in [6, 6.07) is 6.65. The van der Waals surface area contributed by atoms with Crippen molar-refractivity contribution < 1.29 is 4.79 Å². The lowest BCUT2D eigenvalue weighted by molar-refractivity contribution is -0.136. The second-order valence-electron chi connectivity index (χ2n) is 5.90. The smallest absolute Gasteiger partial charge is 0.236 e. The molecule has 2 heterocycles. The standard InChI is InChI=1S/C16H22N2OS/c1-12(20)13-3-4-15-10-17(8-5-14(15)9-13)11-16(19)18-6-2-7-18/h3-4,9,12,20H,2,5-8,10-11H2,1H3. The van der Waals surface area contributed by atoms with Gasteiger partial charge in [0.25, 0.3) is 0 Å². The van der Waals surface area contributed by atoms with Crippen LogP contribution in [0.15, 0.2) is 18.2 Å². The fraction of sp³-hybridized carbons (Fsp3) is 0.562. The molecule has 2 aliphatic heterocycles. The molecular weight excluding hydrogens is 268 g/mol. The minimum absolute atomic E-state index is 0.284. The van der Waals surface area contributed by atoms with Gasteiger partial charge in [-0.3, -0.25) is 9.69 Å². The molecule has 0 spiro atoms. The molecule has 0 N–H and O–H groups in total. The van der Waals surface area contributed by atoms with Crippen LogP contribution in [0.4, 0.5) is 0 Å². The maximum atomic E-state index is 12.0. The second-order valence-corrected chi connectivity index (χ2v) is 6.67. The summed E-state index contributed by atoms with van der Waals surface area (Å²) < 4.78 is 0. The third-order valence-corrected chi connectivity index (χ3v) is 4.67. The zero-order valence-electron chi connectivity index (χ0n) is 12.0. The number of benzene rings is 1. The summed E-state index contributed by atoms with van der Waals surface area (Å²) in [6.45, 7) is 6.46. The van der Waals surface area contributed by atoms with Crippen LogP contribution < -0.4 is 0 Å². The molecule has 4 heteroatoms. The molecule has 0 radical (unpaired) electrons. The minimum Gasteiger partial charge on any atom is -0.341 e. The lowest BCUT2D eigenvalue weighted by atomic mass is 9.96. The first-order valence-corrected chi connectivity index (χ1v) is 7.95. The van der Waals surface area contributed by atoms with Gasteiger partial charge in [-0.2, -0.15) is 12.6 Å². The summed E-state index contributed by atoms with van der Waals surface area (Å²) in [5, 5.41) is 0.284. The predicted molar refractivity (Wildman–Crippen MR) is 84.0 cm³/mol. The van der Waals surface area contributed by atoms with E-state index in [1.54, 1.807) is 0 Å². The molecule has 1 unspecified atom stereocenters. The predicted octanol–water partition coefficient (Wildman–Crippen LogP) is 2.27. The number of likely N-dealkylation sites (tertiary alicyclic amines) is 1. The van der Waals surface area contributed by atoms with Crippen LogP contribution in [0.5, 0.6) is 0 Å². The molecule has 1 aromatic carbocycles. The molecule has 108 valence electrons. The zero-order chi connectivity index (χ0) is 14.1. The van der Waals surface area contributed by atoms with Crippen LogP contribution in [0.2, 0.25) is 0 Å². The van der Waals surface area contributed by atoms with Crippen molar-refractivity contribution in [2.75, 3.05) is 26.2 Å². The van der Waals surface area contributed by atoms with Crippen LogP contribution in [0.3, 0.4) is 0 Å². The van der Waals surface area contributed by atoms with Gasteiger partial charge in [0.05, 0.1) is 6.54 Å². The van der Waals surface area contributed by atoms with Crippen LogP contribution in [0.25, 0.3) is 0 Å². The highest BCUT2D eigenvalue weighted by atomic mass is 32.1. The van der Waals surface area contributed by atoms with E-state index in [0.29, 0.717) is 12.5 Å². The Kier molecular flexibility index (Phi) is 4.03. The molecular formula is C16H22N2OS. The Bertz CT molecular complexity index is 511. The van der Waals surface area contributed by atoms with E-state index in [9.17, 15) is 4.79 Å². The summed E-state index contributed by atoms with van der Waals surface area (Å²) in [4.78, 5) is 16.3. The monoisotopic (exact) mass is 290 g/mol. The van der Waals surface area contributed by atoms with Crippen LogP contribution in [-0.2, 0) is 17.8 Å². The van der Waals surface area contributed by atoms with E-state index in [4.69, 9.17) is 0 Å². The Morgan fingerprint density at radius 2 is 2.10 bits per heavy atom. The lowest BCUT2D eigenvalue weighted by Gasteiger charge is -2.35. The van der Waals surface area contributed by atoms with E-state index >= 15 is 0 Å². The number of thiol groups is 1. The second kappa shape index (κ2) is 5.78. The van der Waals surface area contributed by atoms with Gasteiger partial charge in [-0.15, -0.1) is 0 Å². The summed E-state index contributed by atoms with van der Waals surface area (Å²) in [5.74, 6) is 0.292. The van der Waals surface area contributed by atoms with Crippen molar-refractivity contribution in [3.8, 4) is 0 Å². The molecule has 1 amide bonds. The van der Waals surface area contributed by atoms with E-state index in [1.807, 2.05) is 4.90 Å². The zero-order valence-corrected chi connectivity index (χ0v) is 12.9. The number of hydrogen-bond donors (Lipinski definition) is 1. The lowest BCUT2D eigenvalue weighted by Crippen LogP contribution is -2.47. The SMILES string of the molecule is CC(S)c1ccc2c(c1)CCN(CC(=O)N1CCC1)C2. The molecule has 2 aliphatic rings. The number of amides is 1. The van der Waals surface area contributed by atoms with Crippen LogP contribution >= 0.6 is 12.6 Å². The van der Waals surface area contributed by atoms with E-state index in [0.717, 1.165) is 32.6 Å². The van der Waals surface area contributed by atoms with Gasteiger partial charge < -0.3 is 4.90 Å². The minimum atomic E-state index is 0.284. The molecule has 0 saturated carbocycles. The summed E-state index contributed by atoms with van der Waals surface area (Å²) >= 11 is 4.50. The van der Waals surface area contributed by atoms with Crippen LogP contribution in [0, 0.1) is 0 Å². The van der Waals surface area contributed by atoms with Crippen molar-refractivity contribution in [2.45, 2.75) is 31.6 Å². The van der Waals surface area contributed by atoms with Crippen molar-refractivity contribution in [2.24, 2.45) is 0 Å². The number of carbonyl (C=O) groups is 1. The summed E-state index contributed by atoms with van der Waals surface area (Å²) in [5.41, 5.74) is 4.08. The third-order valence-electron chi connectivity index (χ3n) is 4.37. The number of nitrogens with zero attached hydrogens (tertiary/aromatic N) is 2. The molecule has 1 aromatic rings. The molecule has 0 aromatic heterocycles. The van der Waals surface area contributed by atoms with Crippen molar-refractivity contribution in [1.82, 2.24) is 9.80 Å². The molecule has 3 rings (SSSR count). The topological polar surface area (TPSA) is 23.6 Å². The highest BCUT2D eigenvalue weighted by Gasteiger charge is 2.24. The molecule has 0 aliphatic carbocycles. The van der Waals surface area contributed by atoms with Gasteiger partial charge in [-0.25, -0.2) is 0 Å². The Labute approximate surface area is 126 Å². The van der Waals surface area contributed by atoms with Crippen LogP contribution in [-0.4, -0.2) is 41.9 Å². The fourth-order valence-corrected chi connectivity index (χ4v) is 3.04. The van der Waals surface area contributed by atoms with Gasteiger partial charge >= 0.3 is 0 Å². The Morgan fingerprint density at radius 3 is 2.75 bits per heavy atom. The van der Waals surface area contributed by atoms with Gasteiger partial charge in [0, 0.05) is 31.4 Å². The van der Waals surface area contributed by atoms with Gasteiger partial charge in [-0.05, 0) is 36.5 Å². The quantitative estimate of drug-likeness (QED) is 0.863. The number of rotatable bonds is 3. The van der Waals surface area contributed by atoms with E-state index in [-0.39, 0.29) is 5.25 Å². The normalized spacial score (nSPS) is 20.2. The van der Waals surface area contributed by atoms with Crippen molar-refractivity contribution in [3.05, 3.63) is 34.9 Å². The van der Waals surface area contributed by atoms with E-state index < -0.39 is 0 Å². The summed E-state index contributed by atoms with van der Waals surface area (Å²) in [7, 11) is 0. The van der Waals surface area contributed by atoms with Gasteiger partial charge in [0.15, 0.2) is 0 Å². The number of carbonyl (C=O) groups excluding carboxylic acids is 1. The number of fused-ring (bicyclic) bond motifs is 1. The van der Waals surface area contributed by atoms with Crippen LogP contribution in [0.1, 0.15) is 35.3 Å². The first kappa shape index (κ1) is 14.0. The summed E-state index contributed by atoms with van der Waals surface area (Å²) in [6.07, 6.45) is 2.20. The molecule has 1 fully saturated rings. The average Bonchev–Trinajstić information content (AvgIpc) is 2.35. The molecule has 0 bridgehead atoms. The van der Waals surface area contributed by atoms with Gasteiger partial charge in [-0.1, -0.05) is 18.2 Å². The fourth-order valence-electron chi connectivity index (χ4n) is 2.88. The first-order valence-electron chi connectivity index (χ1n) is 7.43. The highest BCUT2D eigenvalue weighted by Crippen LogP contribution is 2.25. The maximum absolute atomic E-state index is 12.0. The van der Waals surface area contributed by atoms with E-state index in [1.165, 1.54) is 23.1 Å². The first-order chi connectivity index (χ1) is 9.63. The third kappa shape index (κ3) is 2.86. The van der Waals surface area contributed by atoms with Crippen molar-refractivity contribution in [1.29, 1.82) is 0 Å². The van der Waals surface area contributed by atoms with Gasteiger partial charge in [0.1, 0.15) is 0 Å². The van der Waals surface area contributed by atoms with Gasteiger partial charge in [0.2, 0.25) is 5.91 Å². The number of hydrogen-bond acceptors (Lipinski definition) is 3. The maximum Gasteiger partial charge on any atom is 0.236 e. The highest BCUT2D eigenvalue weighted by molar-refractivity contribution is 7.80. The van der Waals surface area contributed by atoms with E-state index in [2.05, 4.69) is 42.7 Å². The largest absolute Gasteiger partial charge is 0.341 e. The van der Waals surface area contributed by atoms with Crippen molar-refractivity contribution >= 4 is 18.5 Å². The molecule has 20 heavy (non-hydrogen) atoms. The van der Waals surface area contributed by atoms with Crippen molar-refractivity contribution in [3.63, 3.8) is 0 Å². The molecule has 1 atom stereocenters. The molecule has 1 saturated heterocycles. The Balaban J connectivity index is 1.64.